The molecule has 2 aromatic carbocycles. The molecule has 0 radical (unpaired) electrons. The van der Waals surface area contributed by atoms with E-state index in [1.165, 1.54) is 0 Å². The summed E-state index contributed by atoms with van der Waals surface area (Å²) >= 11 is 12.3. The fourth-order valence-corrected chi connectivity index (χ4v) is 4.62. The molecule has 0 amide bonds. The van der Waals surface area contributed by atoms with Crippen LogP contribution in [0.1, 0.15) is 42.6 Å². The highest BCUT2D eigenvalue weighted by Gasteiger charge is 2.26. The fraction of sp³-hybridized carbons (Fsp3) is 0.391. The Kier molecular flexibility index (Phi) is 6.61. The van der Waals surface area contributed by atoms with Gasteiger partial charge in [-0.3, -0.25) is 9.47 Å². The monoisotopic (exact) mass is 444 g/mol. The fourth-order valence-electron chi connectivity index (χ4n) is 4.16. The minimum atomic E-state index is -0.0215. The van der Waals surface area contributed by atoms with E-state index in [-0.39, 0.29) is 5.69 Å². The Labute approximate surface area is 186 Å². The maximum atomic E-state index is 12.9. The summed E-state index contributed by atoms with van der Waals surface area (Å²) in [6.07, 6.45) is 1.96. The van der Waals surface area contributed by atoms with Crippen LogP contribution in [0.2, 0.25) is 10.0 Å². The van der Waals surface area contributed by atoms with Crippen molar-refractivity contribution in [2.75, 3.05) is 13.1 Å². The SMILES string of the molecule is CCn1c(C2CCN(Cc3ccc(Cl)cc3Cl)CC2)nn(Cc2ccccc2)c1=O. The lowest BCUT2D eigenvalue weighted by Crippen LogP contribution is -2.34. The molecular weight excluding hydrogens is 419 g/mol. The minimum absolute atomic E-state index is 0.0215. The number of rotatable bonds is 6. The Morgan fingerprint density at radius 2 is 1.77 bits per heavy atom. The molecule has 0 saturated carbocycles. The first-order valence-electron chi connectivity index (χ1n) is 10.4. The lowest BCUT2D eigenvalue weighted by atomic mass is 9.95. The Morgan fingerprint density at radius 3 is 2.43 bits per heavy atom. The molecule has 0 atom stereocenters. The van der Waals surface area contributed by atoms with Crippen molar-refractivity contribution in [1.29, 1.82) is 0 Å². The van der Waals surface area contributed by atoms with E-state index in [0.717, 1.165) is 49.4 Å². The van der Waals surface area contributed by atoms with E-state index in [1.54, 1.807) is 10.7 Å². The van der Waals surface area contributed by atoms with Crippen molar-refractivity contribution >= 4 is 23.2 Å². The maximum Gasteiger partial charge on any atom is 0.346 e. The van der Waals surface area contributed by atoms with Crippen molar-refractivity contribution in [2.24, 2.45) is 0 Å². The summed E-state index contributed by atoms with van der Waals surface area (Å²) in [5.74, 6) is 1.22. The van der Waals surface area contributed by atoms with E-state index in [9.17, 15) is 4.79 Å². The molecule has 1 aliphatic rings. The Morgan fingerprint density at radius 1 is 1.03 bits per heavy atom. The van der Waals surface area contributed by atoms with Gasteiger partial charge in [0.2, 0.25) is 0 Å². The van der Waals surface area contributed by atoms with Crippen LogP contribution in [0.3, 0.4) is 0 Å². The van der Waals surface area contributed by atoms with Crippen LogP contribution in [0.25, 0.3) is 0 Å². The lowest BCUT2D eigenvalue weighted by molar-refractivity contribution is 0.200. The highest BCUT2D eigenvalue weighted by Crippen LogP contribution is 2.29. The predicted molar refractivity (Wildman–Crippen MR) is 121 cm³/mol. The number of halogens is 2. The number of hydrogen-bond acceptors (Lipinski definition) is 3. The first-order valence-corrected chi connectivity index (χ1v) is 11.2. The smallest absolute Gasteiger partial charge is 0.299 e. The standard InChI is InChI=1S/C23H26Cl2N4O/c1-2-28-22(26-29(23(28)30)15-17-6-4-3-5-7-17)18-10-12-27(13-11-18)16-19-8-9-20(24)14-21(19)25/h3-9,14,18H,2,10-13,15-16H2,1H3. The zero-order valence-corrected chi connectivity index (χ0v) is 18.6. The largest absolute Gasteiger partial charge is 0.346 e. The second-order valence-corrected chi connectivity index (χ2v) is 8.66. The van der Waals surface area contributed by atoms with Crippen molar-refractivity contribution in [2.45, 2.75) is 45.3 Å². The average Bonchev–Trinajstić information content (AvgIpc) is 3.06. The molecule has 7 heteroatoms. The Balaban J connectivity index is 1.45. The maximum absolute atomic E-state index is 12.9. The van der Waals surface area contributed by atoms with E-state index in [4.69, 9.17) is 28.3 Å². The molecule has 5 nitrogen and oxygen atoms in total. The summed E-state index contributed by atoms with van der Waals surface area (Å²) in [6.45, 7) is 5.88. The third-order valence-electron chi connectivity index (χ3n) is 5.80. The molecule has 1 saturated heterocycles. The van der Waals surface area contributed by atoms with Crippen molar-refractivity contribution in [1.82, 2.24) is 19.2 Å². The van der Waals surface area contributed by atoms with Gasteiger partial charge in [0.1, 0.15) is 5.82 Å². The molecule has 4 rings (SSSR count). The van der Waals surface area contributed by atoms with Crippen molar-refractivity contribution in [3.05, 3.63) is 86.0 Å². The molecule has 0 unspecified atom stereocenters. The number of likely N-dealkylation sites (tertiary alicyclic amines) is 1. The molecule has 0 N–H and O–H groups in total. The highest BCUT2D eigenvalue weighted by atomic mass is 35.5. The molecule has 0 aliphatic carbocycles. The zero-order valence-electron chi connectivity index (χ0n) is 17.1. The van der Waals surface area contributed by atoms with Gasteiger partial charge in [-0.05, 0) is 56.1 Å². The van der Waals surface area contributed by atoms with E-state index in [0.29, 0.717) is 29.1 Å². The van der Waals surface area contributed by atoms with Gasteiger partial charge in [-0.25, -0.2) is 9.48 Å². The van der Waals surface area contributed by atoms with E-state index in [2.05, 4.69) is 4.90 Å². The van der Waals surface area contributed by atoms with E-state index < -0.39 is 0 Å². The van der Waals surface area contributed by atoms with E-state index in [1.807, 2.05) is 54.0 Å². The van der Waals surface area contributed by atoms with Gasteiger partial charge in [0.25, 0.3) is 0 Å². The van der Waals surface area contributed by atoms with Crippen LogP contribution in [0, 0.1) is 0 Å². The number of benzene rings is 2. The quantitative estimate of drug-likeness (QED) is 0.548. The second kappa shape index (κ2) is 9.38. The van der Waals surface area contributed by atoms with Crippen LogP contribution in [-0.4, -0.2) is 32.3 Å². The minimum Gasteiger partial charge on any atom is -0.299 e. The molecule has 1 fully saturated rings. The van der Waals surface area contributed by atoms with Gasteiger partial charge in [-0.1, -0.05) is 59.6 Å². The summed E-state index contributed by atoms with van der Waals surface area (Å²) in [6, 6.07) is 15.7. The predicted octanol–water partition coefficient (Wildman–Crippen LogP) is 4.80. The molecule has 2 heterocycles. The number of piperidine rings is 1. The van der Waals surface area contributed by atoms with Gasteiger partial charge >= 0.3 is 5.69 Å². The molecule has 30 heavy (non-hydrogen) atoms. The van der Waals surface area contributed by atoms with Gasteiger partial charge in [0.15, 0.2) is 0 Å². The first-order chi connectivity index (χ1) is 14.5. The average molecular weight is 445 g/mol. The zero-order chi connectivity index (χ0) is 21.1. The molecule has 0 spiro atoms. The van der Waals surface area contributed by atoms with Gasteiger partial charge in [0.05, 0.1) is 6.54 Å². The number of nitrogens with zero attached hydrogens (tertiary/aromatic N) is 4. The summed E-state index contributed by atoms with van der Waals surface area (Å²) < 4.78 is 3.44. The van der Waals surface area contributed by atoms with Crippen LogP contribution < -0.4 is 5.69 Å². The van der Waals surface area contributed by atoms with Crippen LogP contribution >= 0.6 is 23.2 Å². The van der Waals surface area contributed by atoms with Crippen LogP contribution in [0.4, 0.5) is 0 Å². The van der Waals surface area contributed by atoms with Crippen molar-refractivity contribution < 1.29 is 0 Å². The van der Waals surface area contributed by atoms with Gasteiger partial charge in [-0.15, -0.1) is 0 Å². The van der Waals surface area contributed by atoms with Crippen molar-refractivity contribution in [3.63, 3.8) is 0 Å². The molecule has 3 aromatic rings. The third kappa shape index (κ3) is 4.64. The van der Waals surface area contributed by atoms with Crippen LogP contribution in [0.5, 0.6) is 0 Å². The van der Waals surface area contributed by atoms with Crippen molar-refractivity contribution in [3.8, 4) is 0 Å². The summed E-state index contributed by atoms with van der Waals surface area (Å²) in [5, 5.41) is 6.12. The number of hydrogen-bond donors (Lipinski definition) is 0. The Hall–Kier alpha value is -2.08. The first kappa shape index (κ1) is 21.2. The summed E-state index contributed by atoms with van der Waals surface area (Å²) in [5.41, 5.74) is 2.16. The number of aromatic nitrogens is 3. The molecule has 1 aromatic heterocycles. The molecule has 158 valence electrons. The van der Waals surface area contributed by atoms with Gasteiger partial charge in [-0.2, -0.15) is 5.10 Å². The lowest BCUT2D eigenvalue weighted by Gasteiger charge is -2.31. The van der Waals surface area contributed by atoms with Gasteiger partial charge in [0, 0.05) is 29.1 Å². The second-order valence-electron chi connectivity index (χ2n) is 7.81. The summed E-state index contributed by atoms with van der Waals surface area (Å²) in [7, 11) is 0. The Bertz CT molecular complexity index is 1050. The normalized spacial score (nSPS) is 15.6. The van der Waals surface area contributed by atoms with Gasteiger partial charge < -0.3 is 0 Å². The molecular formula is C23H26Cl2N4O. The van der Waals surface area contributed by atoms with Crippen LogP contribution in [-0.2, 0) is 19.6 Å². The summed E-state index contributed by atoms with van der Waals surface area (Å²) in [4.78, 5) is 15.3. The van der Waals surface area contributed by atoms with E-state index >= 15 is 0 Å². The highest BCUT2D eigenvalue weighted by molar-refractivity contribution is 6.35. The molecule has 1 aliphatic heterocycles. The topological polar surface area (TPSA) is 43.1 Å². The molecule has 0 bridgehead atoms. The third-order valence-corrected chi connectivity index (χ3v) is 6.39. The van der Waals surface area contributed by atoms with Crippen LogP contribution in [0.15, 0.2) is 53.3 Å².